The molecule has 0 spiro atoms. The fraction of sp³-hybridized carbons (Fsp3) is 0.283. The predicted molar refractivity (Wildman–Crippen MR) is 302 cm³/mol. The van der Waals surface area contributed by atoms with Crippen LogP contribution in [0, 0.1) is 10.8 Å². The van der Waals surface area contributed by atoms with Gasteiger partial charge in [0.1, 0.15) is 30.5 Å². The number of carbonyl (C=O) groups is 5. The van der Waals surface area contributed by atoms with Crippen molar-refractivity contribution in [3.05, 3.63) is 203 Å². The molecule has 0 aromatic heterocycles. The van der Waals surface area contributed by atoms with Gasteiger partial charge in [0, 0.05) is 61.8 Å². The first kappa shape index (κ1) is 57.6. The molecule has 416 valence electrons. The maximum atomic E-state index is 13.4. The lowest BCUT2D eigenvalue weighted by atomic mass is 9.90. The van der Waals surface area contributed by atoms with E-state index in [9.17, 15) is 32.4 Å². The highest BCUT2D eigenvalue weighted by atomic mass is 32.2. The molecule has 3 saturated heterocycles. The van der Waals surface area contributed by atoms with Gasteiger partial charge in [0.05, 0.1) is 44.2 Å². The highest BCUT2D eigenvalue weighted by Gasteiger charge is 2.36. The normalized spacial score (nSPS) is 16.6. The first-order valence-electron chi connectivity index (χ1n) is 26.2. The molecule has 3 aliphatic rings. The van der Waals surface area contributed by atoms with Crippen molar-refractivity contribution >= 4 is 63.1 Å². The minimum Gasteiger partial charge on any atom is -0.466 e. The Morgan fingerprint density at radius 2 is 0.950 bits per heavy atom. The van der Waals surface area contributed by atoms with Crippen LogP contribution in [0.3, 0.4) is 0 Å². The number of nitrogens with zero attached hydrogens (tertiary/aromatic N) is 4. The van der Waals surface area contributed by atoms with E-state index >= 15 is 0 Å². The second-order valence-electron chi connectivity index (χ2n) is 19.2. The van der Waals surface area contributed by atoms with Crippen molar-refractivity contribution in [1.82, 2.24) is 20.4 Å². The molecule has 3 aliphatic heterocycles. The molecular formula is C60H64N8O11S. The molecule has 80 heavy (non-hydrogen) atoms. The van der Waals surface area contributed by atoms with Gasteiger partial charge in [0.2, 0.25) is 11.8 Å². The second kappa shape index (κ2) is 27.3. The van der Waals surface area contributed by atoms with E-state index in [1.165, 1.54) is 4.90 Å². The Bertz CT molecular complexity index is 3130. The number of amidine groups is 2. The molecule has 6 aromatic carbocycles. The molecule has 3 fully saturated rings. The maximum absolute atomic E-state index is 13.4. The zero-order valence-corrected chi connectivity index (χ0v) is 45.3. The molecule has 4 amide bonds. The van der Waals surface area contributed by atoms with Crippen LogP contribution in [0.5, 0.6) is 0 Å². The third-order valence-corrected chi connectivity index (χ3v) is 14.1. The average molecular weight is 1110 g/mol. The topological polar surface area (TPSA) is 241 Å². The minimum absolute atomic E-state index is 0.0123. The Kier molecular flexibility index (Phi) is 19.7. The molecule has 6 aromatic rings. The molecule has 0 saturated carbocycles. The summed E-state index contributed by atoms with van der Waals surface area (Å²) in [7, 11) is -3.65. The lowest BCUT2D eigenvalue weighted by Gasteiger charge is -2.35. The number of nitrogens with one attached hydrogen (secondary N) is 4. The molecule has 9 rings (SSSR count). The van der Waals surface area contributed by atoms with Crippen LogP contribution in [0.1, 0.15) is 58.6 Å². The standard InChI is InChI=1S/C34H39N5O5.C26H25N3O6S/c1-2-43-30(40)17-18-37-19-21-38(22-20-37)23-29-24-39(34(42)44-29)28-15-13-27(14-16-28)32(35)36-33(41)31(25-9-5-3-6-10-25)26-11-7-4-8-12-26;1-36(32,33)34-17-22-16-29(26(31)35-22)21-14-12-20(13-15-21)24(27)28-25(30)23(18-8-4-2-5-9-18)19-10-6-3-7-11-19/h3-16,29,31H,2,17-24H2,1H3,(H2,35,36,41);2-15,22-23H,16-17H2,1H3,(H2,27,28,30). The van der Waals surface area contributed by atoms with Gasteiger partial charge >= 0.3 is 18.2 Å². The van der Waals surface area contributed by atoms with Gasteiger partial charge in [-0.1, -0.05) is 121 Å². The quantitative estimate of drug-likeness (QED) is 0.0208. The molecule has 0 aliphatic carbocycles. The summed E-state index contributed by atoms with van der Waals surface area (Å²) < 4.78 is 42.9. The van der Waals surface area contributed by atoms with Crippen molar-refractivity contribution < 1.29 is 50.8 Å². The molecule has 0 radical (unpaired) electrons. The van der Waals surface area contributed by atoms with E-state index < -0.39 is 40.2 Å². The molecular weight excluding hydrogens is 1040 g/mol. The molecule has 2 unspecified atom stereocenters. The lowest BCUT2D eigenvalue weighted by Crippen LogP contribution is -2.49. The highest BCUT2D eigenvalue weighted by molar-refractivity contribution is 7.86. The van der Waals surface area contributed by atoms with Crippen LogP contribution >= 0.6 is 0 Å². The van der Waals surface area contributed by atoms with Gasteiger partial charge in [-0.05, 0) is 77.7 Å². The number of esters is 1. The maximum Gasteiger partial charge on any atom is 0.414 e. The van der Waals surface area contributed by atoms with Gasteiger partial charge < -0.3 is 29.7 Å². The predicted octanol–water partition coefficient (Wildman–Crippen LogP) is 7.12. The number of anilines is 2. The van der Waals surface area contributed by atoms with Gasteiger partial charge in [-0.15, -0.1) is 0 Å². The fourth-order valence-corrected chi connectivity index (χ4v) is 9.93. The summed E-state index contributed by atoms with van der Waals surface area (Å²) in [4.78, 5) is 70.7. The summed E-state index contributed by atoms with van der Waals surface area (Å²) in [5.74, 6) is -2.02. The van der Waals surface area contributed by atoms with E-state index in [1.54, 1.807) is 53.4 Å². The summed E-state index contributed by atoms with van der Waals surface area (Å²) >= 11 is 0. The molecule has 20 heteroatoms. The highest BCUT2D eigenvalue weighted by Crippen LogP contribution is 2.28. The molecule has 4 N–H and O–H groups in total. The minimum atomic E-state index is -3.65. The second-order valence-corrected chi connectivity index (χ2v) is 20.9. The van der Waals surface area contributed by atoms with Crippen molar-refractivity contribution in [2.45, 2.75) is 37.4 Å². The summed E-state index contributed by atoms with van der Waals surface area (Å²) in [5.41, 5.74) is 5.49. The Labute approximate surface area is 465 Å². The van der Waals surface area contributed by atoms with E-state index in [1.807, 2.05) is 128 Å². The van der Waals surface area contributed by atoms with Crippen molar-refractivity contribution in [2.75, 3.05) is 81.6 Å². The van der Waals surface area contributed by atoms with E-state index in [2.05, 4.69) is 20.4 Å². The number of cyclic esters (lactones) is 2. The van der Waals surface area contributed by atoms with Crippen molar-refractivity contribution in [1.29, 1.82) is 10.8 Å². The van der Waals surface area contributed by atoms with Crippen LogP contribution in [-0.4, -0.2) is 144 Å². The Morgan fingerprint density at radius 3 is 1.34 bits per heavy atom. The third-order valence-electron chi connectivity index (χ3n) is 13.6. The van der Waals surface area contributed by atoms with Gasteiger partial charge in [-0.3, -0.25) is 44.1 Å². The molecule has 0 bridgehead atoms. The van der Waals surface area contributed by atoms with Crippen molar-refractivity contribution in [3.63, 3.8) is 0 Å². The number of benzene rings is 6. The van der Waals surface area contributed by atoms with Gasteiger partial charge in [-0.25, -0.2) is 9.59 Å². The monoisotopic (exact) mass is 1100 g/mol. The van der Waals surface area contributed by atoms with Gasteiger partial charge in [-0.2, -0.15) is 8.42 Å². The Hall–Kier alpha value is -8.56. The number of carbonyl (C=O) groups excluding carboxylic acids is 5. The smallest absolute Gasteiger partial charge is 0.414 e. The van der Waals surface area contributed by atoms with Crippen LogP contribution in [0.25, 0.3) is 0 Å². The van der Waals surface area contributed by atoms with Crippen LogP contribution in [0.15, 0.2) is 170 Å². The Morgan fingerprint density at radius 1 is 0.575 bits per heavy atom. The fourth-order valence-electron chi connectivity index (χ4n) is 9.54. The summed E-state index contributed by atoms with van der Waals surface area (Å²) in [6.07, 6.45) is -0.670. The molecule has 19 nitrogen and oxygen atoms in total. The zero-order chi connectivity index (χ0) is 56.6. The van der Waals surface area contributed by atoms with E-state index in [4.69, 9.17) is 29.2 Å². The van der Waals surface area contributed by atoms with Crippen LogP contribution < -0.4 is 20.4 Å². The average Bonchev–Trinajstić information content (AvgIpc) is 4.07. The summed E-state index contributed by atoms with van der Waals surface area (Å²) in [5, 5.41) is 22.5. The largest absolute Gasteiger partial charge is 0.466 e. The third kappa shape index (κ3) is 15.8. The summed E-state index contributed by atoms with van der Waals surface area (Å²) in [6, 6.07) is 51.2. The number of piperazine rings is 1. The number of hydrogen-bond acceptors (Lipinski definition) is 15. The number of rotatable bonds is 19. The number of amides is 4. The van der Waals surface area contributed by atoms with Crippen molar-refractivity contribution in [2.24, 2.45) is 0 Å². The first-order chi connectivity index (χ1) is 38.6. The summed E-state index contributed by atoms with van der Waals surface area (Å²) in [6.45, 7) is 7.23. The SMILES string of the molecule is CCOC(=O)CCN1CCN(CC2CN(c3ccc(C(=N)NC(=O)C(c4ccccc4)c4ccccc4)cc3)C(=O)O2)CC1.CS(=O)(=O)OCC1CN(c2ccc(C(=N)NC(=O)C(c3ccccc3)c3ccccc3)cc2)C(=O)O1. The Balaban J connectivity index is 0.000000215. The van der Waals surface area contributed by atoms with Crippen molar-refractivity contribution in [3.8, 4) is 0 Å². The van der Waals surface area contributed by atoms with Gasteiger partial charge in [0.25, 0.3) is 10.1 Å². The zero-order valence-electron chi connectivity index (χ0n) is 44.4. The van der Waals surface area contributed by atoms with E-state index in [0.717, 1.165) is 54.7 Å². The van der Waals surface area contributed by atoms with Crippen LogP contribution in [0.2, 0.25) is 0 Å². The van der Waals surface area contributed by atoms with Gasteiger partial charge in [0.15, 0.2) is 0 Å². The van der Waals surface area contributed by atoms with Crippen LogP contribution in [0.4, 0.5) is 21.0 Å². The first-order valence-corrected chi connectivity index (χ1v) is 28.0. The molecule has 3 heterocycles. The van der Waals surface area contributed by atoms with E-state index in [-0.39, 0.29) is 48.7 Å². The number of hydrogen-bond donors (Lipinski definition) is 4. The number of ether oxygens (including phenoxy) is 3. The van der Waals surface area contributed by atoms with E-state index in [0.29, 0.717) is 55.2 Å². The lowest BCUT2D eigenvalue weighted by molar-refractivity contribution is -0.143. The van der Waals surface area contributed by atoms with Crippen LogP contribution in [-0.2, 0) is 42.9 Å². The molecule has 2 atom stereocenters.